The molecule has 0 aliphatic carbocycles. The van der Waals surface area contributed by atoms with Gasteiger partial charge in [0, 0.05) is 31.4 Å². The second kappa shape index (κ2) is 9.55. The maximum atomic E-state index is 13.7. The van der Waals surface area contributed by atoms with E-state index in [2.05, 4.69) is 15.5 Å². The summed E-state index contributed by atoms with van der Waals surface area (Å²) in [5.74, 6) is -0.172. The summed E-state index contributed by atoms with van der Waals surface area (Å²) in [6, 6.07) is 12.7. The average molecular weight is 502 g/mol. The Kier molecular flexibility index (Phi) is 6.41. The number of pyridine rings is 1. The van der Waals surface area contributed by atoms with Crippen LogP contribution in [0.3, 0.4) is 0 Å². The zero-order valence-corrected chi connectivity index (χ0v) is 21.4. The summed E-state index contributed by atoms with van der Waals surface area (Å²) in [6.45, 7) is 7.63. The minimum absolute atomic E-state index is 0.0538. The Labute approximate surface area is 215 Å². The van der Waals surface area contributed by atoms with Gasteiger partial charge < -0.3 is 19.8 Å². The molecule has 4 heterocycles. The van der Waals surface area contributed by atoms with Gasteiger partial charge >= 0.3 is 0 Å². The van der Waals surface area contributed by atoms with E-state index < -0.39 is 23.6 Å². The van der Waals surface area contributed by atoms with Crippen LogP contribution in [0.2, 0.25) is 0 Å². The van der Waals surface area contributed by atoms with Crippen LogP contribution >= 0.6 is 0 Å². The van der Waals surface area contributed by atoms with Crippen LogP contribution in [-0.2, 0) is 15.1 Å². The predicted octanol–water partition coefficient (Wildman–Crippen LogP) is 3.19. The molecular weight excluding hydrogens is 470 g/mol. The fourth-order valence-electron chi connectivity index (χ4n) is 5.19. The van der Waals surface area contributed by atoms with Crippen LogP contribution < -0.4 is 5.32 Å². The van der Waals surface area contributed by atoms with E-state index in [9.17, 15) is 14.7 Å². The van der Waals surface area contributed by atoms with E-state index in [-0.39, 0.29) is 24.3 Å². The third-order valence-corrected chi connectivity index (χ3v) is 7.23. The quantitative estimate of drug-likeness (QED) is 0.535. The molecule has 2 aliphatic heterocycles. The highest BCUT2D eigenvalue weighted by molar-refractivity contribution is 6.11. The first-order valence-corrected chi connectivity index (χ1v) is 12.5. The Bertz CT molecular complexity index is 1330. The molecule has 4 atom stereocenters. The molecule has 0 spiro atoms. The number of aromatic nitrogens is 2. The number of nitrogens with zero attached hydrogens (tertiary/aromatic N) is 4. The number of aliphatic imine (C=N–C) groups is 1. The summed E-state index contributed by atoms with van der Waals surface area (Å²) in [4.78, 5) is 37.6. The van der Waals surface area contributed by atoms with Gasteiger partial charge in [-0.3, -0.25) is 14.6 Å². The molecular formula is C28H31N5O4. The monoisotopic (exact) mass is 501 g/mol. The fourth-order valence-corrected chi connectivity index (χ4v) is 5.19. The van der Waals surface area contributed by atoms with E-state index in [0.29, 0.717) is 23.7 Å². The highest BCUT2D eigenvalue weighted by Crippen LogP contribution is 2.35. The minimum atomic E-state index is -1.15. The maximum Gasteiger partial charge on any atom is 0.257 e. The second-order valence-electron chi connectivity index (χ2n) is 10.3. The normalized spacial score (nSPS) is 24.3. The van der Waals surface area contributed by atoms with Crippen molar-refractivity contribution in [3.05, 3.63) is 71.9 Å². The van der Waals surface area contributed by atoms with Crippen LogP contribution in [-0.4, -0.2) is 56.5 Å². The molecule has 192 valence electrons. The number of aliphatic hydroxyl groups excluding tert-OH is 1. The number of hydrogen-bond donors (Lipinski definition) is 2. The van der Waals surface area contributed by atoms with Gasteiger partial charge in [0.25, 0.3) is 5.91 Å². The number of amides is 2. The standard InChI is InChI=1S/C28H31N5O4/c1-16(2)24(23-12-17(3)32-37-23)26(35)33-15-21(34)13-22(33)25-30-27(36)28(4,31-25)20-9-7-18(8-10-20)19-6-5-11-29-14-19/h5-12,14,16,21-22,24,34H,13,15H2,1-4H3,(H,30,31,36)/t21-,22+,24?,28-/m1/s1. The van der Waals surface area contributed by atoms with Crippen molar-refractivity contribution in [2.24, 2.45) is 10.9 Å². The maximum absolute atomic E-state index is 13.7. The fraction of sp³-hybridized carbons (Fsp3) is 0.393. The molecule has 9 heteroatoms. The molecule has 9 nitrogen and oxygen atoms in total. The van der Waals surface area contributed by atoms with Crippen LogP contribution in [0.5, 0.6) is 0 Å². The first-order chi connectivity index (χ1) is 17.7. The zero-order valence-electron chi connectivity index (χ0n) is 21.4. The van der Waals surface area contributed by atoms with Gasteiger partial charge in [-0.25, -0.2) is 4.99 Å². The number of carbonyl (C=O) groups excluding carboxylic acids is 2. The molecule has 1 aromatic carbocycles. The molecule has 0 bridgehead atoms. The molecule has 2 aliphatic rings. The predicted molar refractivity (Wildman–Crippen MR) is 138 cm³/mol. The Morgan fingerprint density at radius 2 is 1.97 bits per heavy atom. The highest BCUT2D eigenvalue weighted by Gasteiger charge is 2.48. The molecule has 1 unspecified atom stereocenters. The largest absolute Gasteiger partial charge is 0.391 e. The molecule has 3 aromatic rings. The van der Waals surface area contributed by atoms with E-state index in [1.165, 1.54) is 0 Å². The molecule has 0 radical (unpaired) electrons. The van der Waals surface area contributed by atoms with Gasteiger partial charge in [-0.15, -0.1) is 0 Å². The highest BCUT2D eigenvalue weighted by atomic mass is 16.5. The van der Waals surface area contributed by atoms with Gasteiger partial charge in [-0.2, -0.15) is 0 Å². The van der Waals surface area contributed by atoms with E-state index in [1.807, 2.05) is 57.2 Å². The summed E-state index contributed by atoms with van der Waals surface area (Å²) < 4.78 is 5.44. The third kappa shape index (κ3) is 4.55. The number of amidine groups is 1. The van der Waals surface area contributed by atoms with Crippen molar-refractivity contribution in [2.75, 3.05) is 6.54 Å². The van der Waals surface area contributed by atoms with Crippen molar-refractivity contribution >= 4 is 17.6 Å². The number of aliphatic hydroxyl groups is 1. The zero-order chi connectivity index (χ0) is 26.3. The molecule has 37 heavy (non-hydrogen) atoms. The Morgan fingerprint density at radius 3 is 2.59 bits per heavy atom. The van der Waals surface area contributed by atoms with E-state index >= 15 is 0 Å². The second-order valence-corrected chi connectivity index (χ2v) is 10.3. The van der Waals surface area contributed by atoms with Crippen LogP contribution in [0.4, 0.5) is 0 Å². The summed E-state index contributed by atoms with van der Waals surface area (Å²) in [6.07, 6.45) is 3.09. The molecule has 2 N–H and O–H groups in total. The Balaban J connectivity index is 1.43. The molecule has 1 fully saturated rings. The van der Waals surface area contributed by atoms with Gasteiger partial charge in [0.1, 0.15) is 17.5 Å². The summed E-state index contributed by atoms with van der Waals surface area (Å²) >= 11 is 0. The summed E-state index contributed by atoms with van der Waals surface area (Å²) in [5.41, 5.74) is 2.26. The third-order valence-electron chi connectivity index (χ3n) is 7.23. The number of rotatable bonds is 6. The van der Waals surface area contributed by atoms with Crippen molar-refractivity contribution in [1.82, 2.24) is 20.4 Å². The van der Waals surface area contributed by atoms with Crippen molar-refractivity contribution in [3.8, 4) is 11.1 Å². The summed E-state index contributed by atoms with van der Waals surface area (Å²) in [7, 11) is 0. The topological polar surface area (TPSA) is 121 Å². The number of benzene rings is 1. The number of β-amino-alcohol motifs (C(OH)–C–C–N with tert-alkyl or cyclic N) is 1. The van der Waals surface area contributed by atoms with Gasteiger partial charge in [0.05, 0.1) is 17.8 Å². The lowest BCUT2D eigenvalue weighted by atomic mass is 9.91. The minimum Gasteiger partial charge on any atom is -0.391 e. The number of nitrogens with one attached hydrogen (secondary N) is 1. The molecule has 1 saturated heterocycles. The SMILES string of the molecule is Cc1cc(C(C(=O)N2C[C@H](O)C[C@H]2C2=N[C@](C)(c3ccc(-c4cccnc4)cc3)C(=O)N2)C(C)C)on1. The van der Waals surface area contributed by atoms with Crippen LogP contribution in [0, 0.1) is 12.8 Å². The summed E-state index contributed by atoms with van der Waals surface area (Å²) in [5, 5.41) is 17.4. The number of hydrogen-bond acceptors (Lipinski definition) is 7. The molecule has 2 aromatic heterocycles. The van der Waals surface area contributed by atoms with Gasteiger partial charge in [-0.1, -0.05) is 49.3 Å². The Hall–Kier alpha value is -3.85. The van der Waals surface area contributed by atoms with Crippen LogP contribution in [0.15, 0.2) is 64.4 Å². The van der Waals surface area contributed by atoms with Gasteiger partial charge in [0.2, 0.25) is 5.91 Å². The van der Waals surface area contributed by atoms with Crippen LogP contribution in [0.25, 0.3) is 11.1 Å². The van der Waals surface area contributed by atoms with Crippen LogP contribution in [0.1, 0.15) is 50.1 Å². The van der Waals surface area contributed by atoms with Crippen molar-refractivity contribution in [2.45, 2.75) is 57.7 Å². The number of aryl methyl sites for hydroxylation is 1. The van der Waals surface area contributed by atoms with E-state index in [1.54, 1.807) is 30.3 Å². The van der Waals surface area contributed by atoms with E-state index in [4.69, 9.17) is 9.52 Å². The van der Waals surface area contributed by atoms with Crippen molar-refractivity contribution < 1.29 is 19.2 Å². The first-order valence-electron chi connectivity index (χ1n) is 12.5. The molecule has 2 amide bonds. The first kappa shape index (κ1) is 24.8. The molecule has 0 saturated carbocycles. The van der Waals surface area contributed by atoms with Crippen molar-refractivity contribution in [3.63, 3.8) is 0 Å². The van der Waals surface area contributed by atoms with Gasteiger partial charge in [0.15, 0.2) is 5.54 Å². The number of likely N-dealkylation sites (tertiary alicyclic amines) is 1. The Morgan fingerprint density at radius 1 is 1.22 bits per heavy atom. The average Bonchev–Trinajstić information content (AvgIpc) is 3.57. The smallest absolute Gasteiger partial charge is 0.257 e. The lowest BCUT2D eigenvalue weighted by Gasteiger charge is -2.29. The van der Waals surface area contributed by atoms with Gasteiger partial charge in [-0.05, 0) is 42.5 Å². The lowest BCUT2D eigenvalue weighted by Crippen LogP contribution is -2.48. The van der Waals surface area contributed by atoms with Crippen molar-refractivity contribution in [1.29, 1.82) is 0 Å². The lowest BCUT2D eigenvalue weighted by molar-refractivity contribution is -0.134. The van der Waals surface area contributed by atoms with E-state index in [0.717, 1.165) is 16.7 Å². The number of carbonyl (C=O) groups is 2. The molecule has 5 rings (SSSR count).